The van der Waals surface area contributed by atoms with Gasteiger partial charge in [0.25, 0.3) is 5.92 Å². The van der Waals surface area contributed by atoms with Crippen molar-refractivity contribution >= 4 is 0 Å². The van der Waals surface area contributed by atoms with Gasteiger partial charge in [0, 0.05) is 11.8 Å². The van der Waals surface area contributed by atoms with Gasteiger partial charge in [-0.1, -0.05) is 0 Å². The number of piperidine rings is 1. The minimum atomic E-state index is -2.33. The standard InChI is InChI=1S/C8H13F2N/c1-11-4-2-7(3-5-11)6-8(7,9)10/h2-6H2,1H3. The summed E-state index contributed by atoms with van der Waals surface area (Å²) in [5.41, 5.74) is -0.570. The molecule has 0 amide bonds. The second-order valence-electron chi connectivity index (χ2n) is 3.96. The van der Waals surface area contributed by atoms with E-state index in [1.807, 2.05) is 7.05 Å². The molecule has 0 aromatic rings. The van der Waals surface area contributed by atoms with E-state index in [4.69, 9.17) is 0 Å². The van der Waals surface area contributed by atoms with Crippen molar-refractivity contribution in [3.8, 4) is 0 Å². The molecule has 1 heterocycles. The predicted octanol–water partition coefficient (Wildman–Crippen LogP) is 1.74. The van der Waals surface area contributed by atoms with Crippen LogP contribution in [0.25, 0.3) is 0 Å². The Hall–Kier alpha value is -0.180. The van der Waals surface area contributed by atoms with Crippen molar-refractivity contribution < 1.29 is 8.78 Å². The second-order valence-corrected chi connectivity index (χ2v) is 3.96. The first-order valence-corrected chi connectivity index (χ1v) is 4.12. The summed E-state index contributed by atoms with van der Waals surface area (Å²) in [6.45, 7) is 1.69. The van der Waals surface area contributed by atoms with Crippen LogP contribution in [0.15, 0.2) is 0 Å². The average Bonchev–Trinajstić information content (AvgIpc) is 2.44. The fourth-order valence-electron chi connectivity index (χ4n) is 1.97. The maximum absolute atomic E-state index is 12.8. The smallest absolute Gasteiger partial charge is 0.254 e. The molecule has 1 saturated carbocycles. The summed E-state index contributed by atoms with van der Waals surface area (Å²) >= 11 is 0. The summed E-state index contributed by atoms with van der Waals surface area (Å²) in [6, 6.07) is 0. The Balaban J connectivity index is 2.00. The SMILES string of the molecule is CN1CCC2(CC1)CC2(F)F. The van der Waals surface area contributed by atoms with Gasteiger partial charge in [-0.25, -0.2) is 8.78 Å². The lowest BCUT2D eigenvalue weighted by Gasteiger charge is -2.28. The van der Waals surface area contributed by atoms with Crippen molar-refractivity contribution in [2.75, 3.05) is 20.1 Å². The molecule has 1 aliphatic carbocycles. The average molecular weight is 161 g/mol. The van der Waals surface area contributed by atoms with Gasteiger partial charge in [-0.3, -0.25) is 0 Å². The number of rotatable bonds is 0. The van der Waals surface area contributed by atoms with Crippen molar-refractivity contribution in [1.82, 2.24) is 4.90 Å². The third-order valence-corrected chi connectivity index (χ3v) is 3.16. The van der Waals surface area contributed by atoms with E-state index in [2.05, 4.69) is 4.90 Å². The van der Waals surface area contributed by atoms with E-state index in [9.17, 15) is 8.78 Å². The van der Waals surface area contributed by atoms with Crippen LogP contribution in [0, 0.1) is 5.41 Å². The monoisotopic (exact) mass is 161 g/mol. The highest BCUT2D eigenvalue weighted by Gasteiger charge is 2.70. The normalized spacial score (nSPS) is 34.1. The molecule has 0 aromatic carbocycles. The van der Waals surface area contributed by atoms with Gasteiger partial charge in [-0.05, 0) is 33.0 Å². The van der Waals surface area contributed by atoms with E-state index in [-0.39, 0.29) is 6.42 Å². The van der Waals surface area contributed by atoms with Crippen molar-refractivity contribution in [2.24, 2.45) is 5.41 Å². The molecule has 11 heavy (non-hydrogen) atoms. The summed E-state index contributed by atoms with van der Waals surface area (Å²) in [4.78, 5) is 2.12. The third kappa shape index (κ3) is 0.975. The first-order valence-electron chi connectivity index (χ1n) is 4.12. The zero-order valence-corrected chi connectivity index (χ0v) is 6.74. The van der Waals surface area contributed by atoms with Crippen LogP contribution >= 0.6 is 0 Å². The molecule has 0 radical (unpaired) electrons. The molecule has 3 heteroatoms. The van der Waals surface area contributed by atoms with Gasteiger partial charge in [0.15, 0.2) is 0 Å². The minimum Gasteiger partial charge on any atom is -0.306 e. The molecule has 0 unspecified atom stereocenters. The molecule has 1 aliphatic heterocycles. The van der Waals surface area contributed by atoms with Crippen molar-refractivity contribution in [1.29, 1.82) is 0 Å². The van der Waals surface area contributed by atoms with Crippen LogP contribution < -0.4 is 0 Å². The molecule has 0 aromatic heterocycles. The molecule has 0 bridgehead atoms. The maximum Gasteiger partial charge on any atom is 0.254 e. The third-order valence-electron chi connectivity index (χ3n) is 3.16. The molecule has 0 N–H and O–H groups in total. The maximum atomic E-state index is 12.8. The first-order chi connectivity index (χ1) is 5.06. The highest BCUT2D eigenvalue weighted by Crippen LogP contribution is 2.65. The Morgan fingerprint density at radius 3 is 2.00 bits per heavy atom. The van der Waals surface area contributed by atoms with E-state index in [1.54, 1.807) is 0 Å². The van der Waals surface area contributed by atoms with Gasteiger partial charge in [0.2, 0.25) is 0 Å². The van der Waals surface area contributed by atoms with Gasteiger partial charge in [0.1, 0.15) is 0 Å². The Morgan fingerprint density at radius 1 is 1.18 bits per heavy atom. The predicted molar refractivity (Wildman–Crippen MR) is 38.7 cm³/mol. The van der Waals surface area contributed by atoms with E-state index in [0.29, 0.717) is 12.8 Å². The molecule has 2 fully saturated rings. The van der Waals surface area contributed by atoms with Crippen LogP contribution in [0.2, 0.25) is 0 Å². The highest BCUT2D eigenvalue weighted by atomic mass is 19.3. The Labute approximate surface area is 65.4 Å². The van der Waals surface area contributed by atoms with Gasteiger partial charge >= 0.3 is 0 Å². The highest BCUT2D eigenvalue weighted by molar-refractivity contribution is 5.11. The summed E-state index contributed by atoms with van der Waals surface area (Å²) in [5, 5.41) is 0. The van der Waals surface area contributed by atoms with Gasteiger partial charge < -0.3 is 4.90 Å². The lowest BCUT2D eigenvalue weighted by Crippen LogP contribution is -2.33. The summed E-state index contributed by atoms with van der Waals surface area (Å²) < 4.78 is 25.6. The Bertz CT molecular complexity index is 171. The molecular weight excluding hydrogens is 148 g/mol. The molecule has 1 saturated heterocycles. The van der Waals surface area contributed by atoms with Crippen LogP contribution in [-0.4, -0.2) is 31.0 Å². The quantitative estimate of drug-likeness (QED) is 0.523. The van der Waals surface area contributed by atoms with Gasteiger partial charge in [0.05, 0.1) is 0 Å². The zero-order chi connectivity index (χ0) is 8.11. The molecule has 2 rings (SSSR count). The molecule has 0 atom stereocenters. The summed E-state index contributed by atoms with van der Waals surface area (Å²) in [5.74, 6) is -2.33. The second kappa shape index (κ2) is 1.94. The minimum absolute atomic E-state index is 0.147. The summed E-state index contributed by atoms with van der Waals surface area (Å²) in [6.07, 6.45) is 1.53. The van der Waals surface area contributed by atoms with E-state index < -0.39 is 11.3 Å². The summed E-state index contributed by atoms with van der Waals surface area (Å²) in [7, 11) is 1.99. The number of hydrogen-bond donors (Lipinski definition) is 0. The fourth-order valence-corrected chi connectivity index (χ4v) is 1.97. The lowest BCUT2D eigenvalue weighted by molar-refractivity contribution is 0.0358. The van der Waals surface area contributed by atoms with E-state index in [1.165, 1.54) is 0 Å². The van der Waals surface area contributed by atoms with Crippen molar-refractivity contribution in [3.63, 3.8) is 0 Å². The topological polar surface area (TPSA) is 3.24 Å². The van der Waals surface area contributed by atoms with Gasteiger partial charge in [-0.15, -0.1) is 0 Å². The first kappa shape index (κ1) is 7.47. The van der Waals surface area contributed by atoms with E-state index in [0.717, 1.165) is 13.1 Å². The number of nitrogens with zero attached hydrogens (tertiary/aromatic N) is 1. The number of likely N-dealkylation sites (tertiary alicyclic amines) is 1. The van der Waals surface area contributed by atoms with Crippen LogP contribution in [0.3, 0.4) is 0 Å². The molecular formula is C8H13F2N. The number of alkyl halides is 2. The van der Waals surface area contributed by atoms with Crippen molar-refractivity contribution in [3.05, 3.63) is 0 Å². The zero-order valence-electron chi connectivity index (χ0n) is 6.74. The largest absolute Gasteiger partial charge is 0.306 e. The van der Waals surface area contributed by atoms with Crippen LogP contribution in [0.4, 0.5) is 8.78 Å². The van der Waals surface area contributed by atoms with Crippen LogP contribution in [-0.2, 0) is 0 Å². The molecule has 2 aliphatic rings. The molecule has 1 nitrogen and oxygen atoms in total. The Kier molecular flexibility index (Phi) is 1.32. The number of hydrogen-bond acceptors (Lipinski definition) is 1. The molecule has 64 valence electrons. The van der Waals surface area contributed by atoms with Crippen LogP contribution in [0.5, 0.6) is 0 Å². The van der Waals surface area contributed by atoms with E-state index >= 15 is 0 Å². The number of halogens is 2. The lowest BCUT2D eigenvalue weighted by atomic mass is 9.93. The fraction of sp³-hybridized carbons (Fsp3) is 1.00. The van der Waals surface area contributed by atoms with Crippen molar-refractivity contribution in [2.45, 2.75) is 25.2 Å². The van der Waals surface area contributed by atoms with Crippen LogP contribution in [0.1, 0.15) is 19.3 Å². The Morgan fingerprint density at radius 2 is 1.64 bits per heavy atom. The van der Waals surface area contributed by atoms with Gasteiger partial charge in [-0.2, -0.15) is 0 Å². The molecule has 1 spiro atoms.